The normalized spacial score (nSPS) is 21.0. The van der Waals surface area contributed by atoms with Crippen molar-refractivity contribution in [3.8, 4) is 5.82 Å². The number of benzene rings is 1. The second-order valence-electron chi connectivity index (χ2n) is 8.81. The number of carbonyl (C=O) groups is 1. The summed E-state index contributed by atoms with van der Waals surface area (Å²) >= 11 is 0. The summed E-state index contributed by atoms with van der Waals surface area (Å²) in [5.41, 5.74) is 1.01. The zero-order valence-corrected chi connectivity index (χ0v) is 18.9. The summed E-state index contributed by atoms with van der Waals surface area (Å²) in [6.07, 6.45) is 8.13. The van der Waals surface area contributed by atoms with E-state index in [0.29, 0.717) is 11.7 Å². The summed E-state index contributed by atoms with van der Waals surface area (Å²) in [6, 6.07) is 7.52. The van der Waals surface area contributed by atoms with Crippen LogP contribution in [0.1, 0.15) is 35.7 Å². The molecule has 2 aliphatic rings. The predicted molar refractivity (Wildman–Crippen MR) is 122 cm³/mol. The van der Waals surface area contributed by atoms with Gasteiger partial charge in [-0.2, -0.15) is 8.78 Å². The summed E-state index contributed by atoms with van der Waals surface area (Å²) < 4.78 is 28.6. The van der Waals surface area contributed by atoms with Crippen LogP contribution in [0.3, 0.4) is 0 Å². The van der Waals surface area contributed by atoms with Gasteiger partial charge in [-0.1, -0.05) is 9.24 Å². The third kappa shape index (κ3) is 3.33. The molecule has 1 aromatic carbocycles. The second-order valence-corrected chi connectivity index (χ2v) is 9.53. The van der Waals surface area contributed by atoms with Gasteiger partial charge in [0, 0.05) is 18.1 Å². The number of carbonyl (C=O) groups excluding carboxylic acids is 1. The number of rotatable bonds is 5. The van der Waals surface area contributed by atoms with Crippen molar-refractivity contribution in [1.82, 2.24) is 24.5 Å². The molecule has 4 aromatic rings. The Morgan fingerprint density at radius 1 is 1.18 bits per heavy atom. The van der Waals surface area contributed by atoms with Crippen molar-refractivity contribution >= 4 is 31.9 Å². The maximum Gasteiger partial charge on any atom is 0.301 e. The first-order valence-corrected chi connectivity index (χ1v) is 11.3. The fourth-order valence-electron chi connectivity index (χ4n) is 4.74. The number of imidazole rings is 2. The number of hydrogen-bond acceptors (Lipinski definition) is 4. The molecule has 1 saturated carbocycles. The predicted octanol–water partition coefficient (Wildman–Crippen LogP) is 4.49. The smallest absolute Gasteiger partial charge is 0.301 e. The van der Waals surface area contributed by atoms with Crippen molar-refractivity contribution in [2.24, 2.45) is 11.8 Å². The van der Waals surface area contributed by atoms with Crippen molar-refractivity contribution < 1.29 is 13.6 Å². The summed E-state index contributed by atoms with van der Waals surface area (Å²) in [5, 5.41) is 0. The van der Waals surface area contributed by atoms with Crippen molar-refractivity contribution in [1.29, 1.82) is 0 Å². The fourth-order valence-corrected chi connectivity index (χ4v) is 4.89. The number of H-pyrrole nitrogens is 1. The summed E-state index contributed by atoms with van der Waals surface area (Å²) in [7, 11) is 1.49. The van der Waals surface area contributed by atoms with E-state index in [1.807, 2.05) is 36.1 Å². The number of amides is 1. The molecule has 1 saturated heterocycles. The zero-order chi connectivity index (χ0) is 22.9. The highest BCUT2D eigenvalue weighted by Gasteiger charge is 2.55. The van der Waals surface area contributed by atoms with Gasteiger partial charge < -0.3 is 9.88 Å². The number of aryl methyl sites for hydroxylation is 1. The number of fused-ring (bicyclic) bond motifs is 1. The minimum atomic E-state index is -3.10. The van der Waals surface area contributed by atoms with Crippen LogP contribution in [0.25, 0.3) is 16.9 Å². The Bertz CT molecular complexity index is 1390. The maximum absolute atomic E-state index is 13.6. The van der Waals surface area contributed by atoms with Gasteiger partial charge in [-0.05, 0) is 61.1 Å². The van der Waals surface area contributed by atoms with E-state index in [2.05, 4.69) is 19.9 Å². The van der Waals surface area contributed by atoms with Crippen molar-refractivity contribution in [3.63, 3.8) is 0 Å². The number of pyridine rings is 1. The van der Waals surface area contributed by atoms with Gasteiger partial charge in [0.15, 0.2) is 0 Å². The van der Waals surface area contributed by atoms with Gasteiger partial charge in [0.05, 0.1) is 29.3 Å². The molecule has 7 nitrogen and oxygen atoms in total. The minimum Gasteiger partial charge on any atom is -0.345 e. The summed E-state index contributed by atoms with van der Waals surface area (Å²) in [5.74, 6) is 0.958. The lowest BCUT2D eigenvalue weighted by molar-refractivity contribution is -0.131. The van der Waals surface area contributed by atoms with Gasteiger partial charge in [0.2, 0.25) is 5.91 Å². The molecular weight excluding hydrogens is 445 g/mol. The average Bonchev–Trinajstić information content (AvgIpc) is 3.25. The van der Waals surface area contributed by atoms with Crippen LogP contribution < -0.4 is 4.90 Å². The third-order valence-corrected chi connectivity index (χ3v) is 6.89. The first kappa shape index (κ1) is 20.4. The number of hydrogen-bond donors (Lipinski definition) is 1. The number of alkyl halides is 2. The number of aromatic nitrogens is 5. The molecule has 1 aliphatic heterocycles. The molecule has 1 amide bonds. The molecule has 2 unspecified atom stereocenters. The minimum absolute atomic E-state index is 0.0677. The van der Waals surface area contributed by atoms with E-state index in [4.69, 9.17) is 0 Å². The third-order valence-electron chi connectivity index (χ3n) is 6.60. The first-order chi connectivity index (χ1) is 15.8. The molecule has 0 bridgehead atoms. The molecule has 1 aliphatic carbocycles. The van der Waals surface area contributed by atoms with Gasteiger partial charge in [-0.25, -0.2) is 15.0 Å². The number of β-lactam (4-membered cyclic amide) rings is 1. The lowest BCUT2D eigenvalue weighted by Crippen LogP contribution is -2.56. The van der Waals surface area contributed by atoms with E-state index >= 15 is 0 Å². The number of halogens is 2. The Morgan fingerprint density at radius 2 is 2.00 bits per heavy atom. The highest BCUT2D eigenvalue weighted by atomic mass is 31.0. The van der Waals surface area contributed by atoms with Crippen LogP contribution in [0.4, 0.5) is 14.5 Å². The molecule has 3 atom stereocenters. The molecule has 0 spiro atoms. The molecule has 33 heavy (non-hydrogen) atoms. The van der Waals surface area contributed by atoms with Crippen molar-refractivity contribution in [2.75, 3.05) is 4.90 Å². The molecule has 2 fully saturated rings. The van der Waals surface area contributed by atoms with Gasteiger partial charge in [-0.3, -0.25) is 9.36 Å². The average molecular weight is 466 g/mol. The molecule has 6 rings (SSSR count). The molecule has 168 valence electrons. The zero-order valence-electron chi connectivity index (χ0n) is 17.7. The fraction of sp³-hybridized carbons (Fsp3) is 0.304. The molecular formula is C23H21F2N6OP. The van der Waals surface area contributed by atoms with Gasteiger partial charge in [0.25, 0.3) is 0 Å². The Kier molecular flexibility index (Phi) is 4.43. The highest BCUT2D eigenvalue weighted by molar-refractivity contribution is 7.17. The van der Waals surface area contributed by atoms with E-state index < -0.39 is 5.66 Å². The van der Waals surface area contributed by atoms with Crippen LogP contribution in [0, 0.1) is 18.8 Å². The van der Waals surface area contributed by atoms with Gasteiger partial charge in [0.1, 0.15) is 17.8 Å². The van der Waals surface area contributed by atoms with E-state index in [9.17, 15) is 13.6 Å². The van der Waals surface area contributed by atoms with Crippen LogP contribution in [0.15, 0.2) is 49.3 Å². The number of anilines is 1. The molecule has 0 radical (unpaired) electrons. The van der Waals surface area contributed by atoms with Crippen molar-refractivity contribution in [3.05, 3.63) is 66.1 Å². The summed E-state index contributed by atoms with van der Waals surface area (Å²) in [6.45, 7) is 1.96. The second kappa shape index (κ2) is 7.15. The lowest BCUT2D eigenvalue weighted by atomic mass is 9.78. The Labute approximate surface area is 190 Å². The van der Waals surface area contributed by atoms with Crippen molar-refractivity contribution in [2.45, 2.75) is 31.5 Å². The number of nitrogens with zero attached hydrogens (tertiary/aromatic N) is 5. The molecule has 4 heterocycles. The van der Waals surface area contributed by atoms with Gasteiger partial charge in [-0.15, -0.1) is 0 Å². The molecule has 1 N–H and O–H groups in total. The SMILES string of the molecule is Cc1cc(-n2cnc(C(F)(F)P)c2)ncc1[C@@H]1C(C2CC2)C(=O)N1c1ccc2[nH]cnc2c1. The Balaban J connectivity index is 1.37. The van der Waals surface area contributed by atoms with E-state index in [-0.39, 0.29) is 23.6 Å². The van der Waals surface area contributed by atoms with Gasteiger partial charge >= 0.3 is 5.66 Å². The van der Waals surface area contributed by atoms with E-state index in [1.54, 1.807) is 12.5 Å². The molecule has 3 aromatic heterocycles. The topological polar surface area (TPSA) is 79.7 Å². The monoisotopic (exact) mass is 466 g/mol. The largest absolute Gasteiger partial charge is 0.345 e. The van der Waals surface area contributed by atoms with Crippen LogP contribution in [0.2, 0.25) is 0 Å². The van der Waals surface area contributed by atoms with Crippen LogP contribution in [-0.4, -0.2) is 30.4 Å². The summed E-state index contributed by atoms with van der Waals surface area (Å²) in [4.78, 5) is 30.8. The Hall–Kier alpha value is -3.19. The highest BCUT2D eigenvalue weighted by Crippen LogP contribution is 2.54. The van der Waals surface area contributed by atoms with E-state index in [1.165, 1.54) is 26.3 Å². The maximum atomic E-state index is 13.6. The molecule has 10 heteroatoms. The van der Waals surface area contributed by atoms with Crippen LogP contribution in [0.5, 0.6) is 0 Å². The number of nitrogens with one attached hydrogen (secondary N) is 1. The quantitative estimate of drug-likeness (QED) is 0.347. The lowest BCUT2D eigenvalue weighted by Gasteiger charge is -2.48. The Morgan fingerprint density at radius 3 is 2.70 bits per heavy atom. The number of aromatic amines is 1. The van der Waals surface area contributed by atoms with Crippen LogP contribution >= 0.6 is 9.24 Å². The van der Waals surface area contributed by atoms with Crippen LogP contribution in [-0.2, 0) is 10.5 Å². The van der Waals surface area contributed by atoms with E-state index in [0.717, 1.165) is 40.7 Å². The first-order valence-electron chi connectivity index (χ1n) is 10.8. The standard InChI is InChI=1S/C23H21F2N6OP/c1-12-6-19(30-9-18(29-11-30)23(24,25)33)26-8-15(12)21-20(13-2-3-13)22(32)31(21)14-4-5-16-17(7-14)28-10-27-16/h4-11,13,20-21H,2-3,33H2,1H3,(H,27,28)/t20?,21-/m1/s1.